The van der Waals surface area contributed by atoms with Crippen molar-refractivity contribution in [2.24, 2.45) is 0 Å². The lowest BCUT2D eigenvalue weighted by Crippen LogP contribution is -2.35. The first-order chi connectivity index (χ1) is 14.4. The van der Waals surface area contributed by atoms with Crippen LogP contribution in [0.4, 0.5) is 5.69 Å². The highest BCUT2D eigenvalue weighted by Crippen LogP contribution is 2.32. The number of sulfonamides is 1. The number of benzene rings is 1. The summed E-state index contributed by atoms with van der Waals surface area (Å²) >= 11 is 7.08. The molecule has 0 N–H and O–H groups in total. The zero-order valence-corrected chi connectivity index (χ0v) is 18.9. The fourth-order valence-corrected chi connectivity index (χ4v) is 6.57. The zero-order chi connectivity index (χ0) is 21.3. The predicted octanol–water partition coefficient (Wildman–Crippen LogP) is 4.13. The summed E-state index contributed by atoms with van der Waals surface area (Å²) in [6.07, 6.45) is 3.70. The molecule has 160 valence electrons. The number of rotatable bonds is 6. The highest BCUT2D eigenvalue weighted by Gasteiger charge is 2.30. The van der Waals surface area contributed by atoms with Crippen molar-refractivity contribution < 1.29 is 18.0 Å². The number of Topliss-reactive ketones (excluding diaryl/α,β-unsaturated/α-hetero) is 1. The molecule has 1 aromatic carbocycles. The van der Waals surface area contributed by atoms with Gasteiger partial charge >= 0.3 is 0 Å². The molecule has 0 atom stereocenters. The van der Waals surface area contributed by atoms with E-state index >= 15 is 0 Å². The highest BCUT2D eigenvalue weighted by molar-refractivity contribution is 7.89. The molecule has 4 rings (SSSR count). The number of amides is 1. The van der Waals surface area contributed by atoms with Gasteiger partial charge in [0.25, 0.3) is 0 Å². The normalized spacial score (nSPS) is 17.2. The van der Waals surface area contributed by atoms with Gasteiger partial charge in [-0.25, -0.2) is 8.42 Å². The number of hydrogen-bond donors (Lipinski definition) is 0. The molecular weight excluding hydrogens is 444 g/mol. The van der Waals surface area contributed by atoms with Crippen LogP contribution in [0.1, 0.15) is 47.3 Å². The van der Waals surface area contributed by atoms with Crippen molar-refractivity contribution in [2.45, 2.75) is 43.4 Å². The van der Waals surface area contributed by atoms with Crippen LogP contribution in [-0.4, -0.2) is 44.0 Å². The van der Waals surface area contributed by atoms with Crippen molar-refractivity contribution in [3.8, 4) is 0 Å². The summed E-state index contributed by atoms with van der Waals surface area (Å²) in [5.41, 5.74) is 1.60. The van der Waals surface area contributed by atoms with Crippen molar-refractivity contribution in [3.63, 3.8) is 0 Å². The standard InChI is InChI=1S/C21H23ClN2O4S2/c22-20-8-7-19(29-20)18(25)6-9-21(26)24-13-10-15-14-16(4-5-17(15)24)30(27,28)23-11-2-1-3-12-23/h4-5,7-8,14H,1-3,6,9-13H2. The van der Waals surface area contributed by atoms with Crippen LogP contribution in [0, 0.1) is 0 Å². The summed E-state index contributed by atoms with van der Waals surface area (Å²) in [6, 6.07) is 8.36. The molecule has 1 aromatic heterocycles. The van der Waals surface area contributed by atoms with E-state index in [2.05, 4.69) is 0 Å². The van der Waals surface area contributed by atoms with Gasteiger partial charge in [-0.05, 0) is 55.2 Å². The summed E-state index contributed by atoms with van der Waals surface area (Å²) in [4.78, 5) is 27.4. The summed E-state index contributed by atoms with van der Waals surface area (Å²) in [7, 11) is -3.50. The van der Waals surface area contributed by atoms with Gasteiger partial charge in [-0.2, -0.15) is 4.31 Å². The second kappa shape index (κ2) is 8.78. The minimum atomic E-state index is -3.50. The van der Waals surface area contributed by atoms with Gasteiger partial charge in [0.2, 0.25) is 15.9 Å². The largest absolute Gasteiger partial charge is 0.312 e. The van der Waals surface area contributed by atoms with Gasteiger partial charge in [-0.1, -0.05) is 18.0 Å². The Hall–Kier alpha value is -1.74. The lowest BCUT2D eigenvalue weighted by atomic mass is 10.1. The molecule has 2 aromatic rings. The van der Waals surface area contributed by atoms with E-state index in [9.17, 15) is 18.0 Å². The monoisotopic (exact) mass is 466 g/mol. The zero-order valence-electron chi connectivity index (χ0n) is 16.5. The van der Waals surface area contributed by atoms with Crippen LogP contribution in [-0.2, 0) is 21.2 Å². The number of fused-ring (bicyclic) bond motifs is 1. The van der Waals surface area contributed by atoms with Crippen molar-refractivity contribution in [1.29, 1.82) is 0 Å². The Balaban J connectivity index is 1.44. The molecule has 0 bridgehead atoms. The van der Waals surface area contributed by atoms with Gasteiger partial charge in [-0.15, -0.1) is 11.3 Å². The van der Waals surface area contributed by atoms with Gasteiger partial charge in [0.15, 0.2) is 5.78 Å². The fourth-order valence-electron chi connectivity index (χ4n) is 3.99. The maximum absolute atomic E-state index is 12.9. The summed E-state index contributed by atoms with van der Waals surface area (Å²) in [5.74, 6) is -0.223. The number of carbonyl (C=O) groups is 2. The van der Waals surface area contributed by atoms with Crippen LogP contribution in [0.3, 0.4) is 0 Å². The predicted molar refractivity (Wildman–Crippen MR) is 118 cm³/mol. The Morgan fingerprint density at radius 3 is 2.47 bits per heavy atom. The molecule has 30 heavy (non-hydrogen) atoms. The second-order valence-electron chi connectivity index (χ2n) is 7.58. The number of halogens is 1. The van der Waals surface area contributed by atoms with Crippen LogP contribution >= 0.6 is 22.9 Å². The molecule has 2 aliphatic rings. The number of anilines is 1. The molecule has 0 spiro atoms. The first kappa shape index (κ1) is 21.5. The molecule has 0 unspecified atom stereocenters. The smallest absolute Gasteiger partial charge is 0.243 e. The van der Waals surface area contributed by atoms with Crippen molar-refractivity contribution >= 4 is 50.3 Å². The van der Waals surface area contributed by atoms with E-state index in [0.717, 1.165) is 30.5 Å². The van der Waals surface area contributed by atoms with Crippen LogP contribution in [0.5, 0.6) is 0 Å². The van der Waals surface area contributed by atoms with E-state index in [1.165, 1.54) is 11.3 Å². The topological polar surface area (TPSA) is 74.8 Å². The number of piperidine rings is 1. The van der Waals surface area contributed by atoms with Gasteiger partial charge in [0.1, 0.15) is 0 Å². The van der Waals surface area contributed by atoms with Gasteiger partial charge < -0.3 is 4.90 Å². The Morgan fingerprint density at radius 2 is 1.77 bits per heavy atom. The maximum Gasteiger partial charge on any atom is 0.243 e. The van der Waals surface area contributed by atoms with Crippen molar-refractivity contribution in [2.75, 3.05) is 24.5 Å². The first-order valence-corrected chi connectivity index (χ1v) is 12.7. The lowest BCUT2D eigenvalue weighted by Gasteiger charge is -2.26. The molecule has 0 aliphatic carbocycles. The average molecular weight is 467 g/mol. The average Bonchev–Trinajstić information content (AvgIpc) is 3.38. The summed E-state index contributed by atoms with van der Waals surface area (Å²) in [6.45, 7) is 1.63. The fraction of sp³-hybridized carbons (Fsp3) is 0.429. The Morgan fingerprint density at radius 1 is 1.00 bits per heavy atom. The molecule has 0 saturated carbocycles. The molecule has 0 radical (unpaired) electrons. The van der Waals surface area contributed by atoms with Crippen LogP contribution < -0.4 is 4.90 Å². The molecule has 6 nitrogen and oxygen atoms in total. The van der Waals surface area contributed by atoms with E-state index < -0.39 is 10.0 Å². The molecular formula is C21H23ClN2O4S2. The summed E-state index contributed by atoms with van der Waals surface area (Å²) in [5, 5.41) is 0. The highest BCUT2D eigenvalue weighted by atomic mass is 35.5. The van der Waals surface area contributed by atoms with Crippen LogP contribution in [0.25, 0.3) is 0 Å². The maximum atomic E-state index is 12.9. The second-order valence-corrected chi connectivity index (χ2v) is 11.2. The van der Waals surface area contributed by atoms with Gasteiger partial charge in [0.05, 0.1) is 14.1 Å². The number of hydrogen-bond acceptors (Lipinski definition) is 5. The van der Waals surface area contributed by atoms with Crippen LogP contribution in [0.2, 0.25) is 4.34 Å². The molecule has 3 heterocycles. The third-order valence-electron chi connectivity index (χ3n) is 5.61. The third-order valence-corrected chi connectivity index (χ3v) is 8.78. The van der Waals surface area contributed by atoms with E-state index in [4.69, 9.17) is 11.6 Å². The lowest BCUT2D eigenvalue weighted by molar-refractivity contribution is -0.118. The minimum absolute atomic E-state index is 0.0948. The quantitative estimate of drug-likeness (QED) is 0.600. The minimum Gasteiger partial charge on any atom is -0.312 e. The molecule has 1 amide bonds. The van der Waals surface area contributed by atoms with E-state index in [-0.39, 0.29) is 24.5 Å². The molecule has 2 aliphatic heterocycles. The SMILES string of the molecule is O=C(CCC(=O)N1CCc2cc(S(=O)(=O)N3CCCCC3)ccc21)c1ccc(Cl)s1. The number of nitrogens with zero attached hydrogens (tertiary/aromatic N) is 2. The van der Waals surface area contributed by atoms with Crippen molar-refractivity contribution in [3.05, 3.63) is 45.1 Å². The number of carbonyl (C=O) groups excluding carboxylic acids is 2. The number of ketones is 1. The van der Waals surface area contributed by atoms with Gasteiger partial charge in [-0.3, -0.25) is 9.59 Å². The van der Waals surface area contributed by atoms with E-state index in [0.29, 0.717) is 40.2 Å². The van der Waals surface area contributed by atoms with Gasteiger partial charge in [0, 0.05) is 38.2 Å². The van der Waals surface area contributed by atoms with E-state index in [1.54, 1.807) is 39.5 Å². The first-order valence-electron chi connectivity index (χ1n) is 10.1. The Bertz CT molecular complexity index is 1070. The molecule has 9 heteroatoms. The Labute approximate surface area is 185 Å². The third kappa shape index (κ3) is 4.32. The summed E-state index contributed by atoms with van der Waals surface area (Å²) < 4.78 is 27.9. The number of thiophene rings is 1. The Kier molecular flexibility index (Phi) is 6.29. The molecule has 1 saturated heterocycles. The van der Waals surface area contributed by atoms with Crippen molar-refractivity contribution in [1.82, 2.24) is 4.31 Å². The van der Waals surface area contributed by atoms with Crippen LogP contribution in [0.15, 0.2) is 35.2 Å². The molecule has 1 fully saturated rings. The van der Waals surface area contributed by atoms with E-state index in [1.807, 2.05) is 0 Å².